The van der Waals surface area contributed by atoms with Gasteiger partial charge in [0.15, 0.2) is 0 Å². The maximum absolute atomic E-state index is 5.72. The third-order valence-corrected chi connectivity index (χ3v) is 4.08. The molecule has 1 saturated heterocycles. The highest BCUT2D eigenvalue weighted by molar-refractivity contribution is 5.73. The molecule has 2 aromatic rings. The Kier molecular flexibility index (Phi) is 4.78. The fourth-order valence-corrected chi connectivity index (χ4v) is 2.96. The molecule has 1 aromatic carbocycles. The summed E-state index contributed by atoms with van der Waals surface area (Å²) in [5.41, 5.74) is 2.96. The van der Waals surface area contributed by atoms with E-state index in [9.17, 15) is 0 Å². The topological polar surface area (TPSA) is 47.0 Å². The van der Waals surface area contributed by atoms with Gasteiger partial charge >= 0.3 is 0 Å². The highest BCUT2D eigenvalue weighted by atomic mass is 16.5. The highest BCUT2D eigenvalue weighted by Gasteiger charge is 2.19. The molecule has 1 fully saturated rings. The summed E-state index contributed by atoms with van der Waals surface area (Å²) in [6.07, 6.45) is 6.87. The Bertz CT molecular complexity index is 581. The number of ether oxygens (including phenoxy) is 1. The molecular formula is C17H23N3O. The molecule has 2 atom stereocenters. The summed E-state index contributed by atoms with van der Waals surface area (Å²) in [5, 5.41) is 3.53. The number of benzene rings is 1. The Labute approximate surface area is 125 Å². The predicted octanol–water partition coefficient (Wildman–Crippen LogP) is 3.24. The summed E-state index contributed by atoms with van der Waals surface area (Å²) in [6.45, 7) is 3.99. The molecule has 4 nitrogen and oxygen atoms in total. The largest absolute Gasteiger partial charge is 0.378 e. The first kappa shape index (κ1) is 14.4. The SMILES string of the molecule is CCNC(CCC1CCCO1)c1cnc2ccccc2n1. The number of hydrogen-bond donors (Lipinski definition) is 1. The van der Waals surface area contributed by atoms with Gasteiger partial charge in [-0.1, -0.05) is 19.1 Å². The lowest BCUT2D eigenvalue weighted by atomic mass is 10.0. The number of para-hydroxylation sites is 2. The molecular weight excluding hydrogens is 262 g/mol. The van der Waals surface area contributed by atoms with E-state index in [1.165, 1.54) is 12.8 Å². The number of nitrogens with one attached hydrogen (secondary N) is 1. The van der Waals surface area contributed by atoms with Crippen molar-refractivity contribution in [3.05, 3.63) is 36.2 Å². The summed E-state index contributed by atoms with van der Waals surface area (Å²) in [6, 6.07) is 8.29. The first-order valence-corrected chi connectivity index (χ1v) is 7.93. The van der Waals surface area contributed by atoms with Crippen LogP contribution in [0.2, 0.25) is 0 Å². The minimum atomic E-state index is 0.260. The van der Waals surface area contributed by atoms with Gasteiger partial charge in [0.1, 0.15) is 0 Å². The Balaban J connectivity index is 1.74. The van der Waals surface area contributed by atoms with Crippen LogP contribution in [0.3, 0.4) is 0 Å². The van der Waals surface area contributed by atoms with E-state index in [4.69, 9.17) is 9.72 Å². The fraction of sp³-hybridized carbons (Fsp3) is 0.529. The molecule has 1 N–H and O–H groups in total. The lowest BCUT2D eigenvalue weighted by molar-refractivity contribution is 0.0995. The van der Waals surface area contributed by atoms with Crippen LogP contribution in [0.4, 0.5) is 0 Å². The molecule has 2 unspecified atom stereocenters. The van der Waals surface area contributed by atoms with Gasteiger partial charge in [0.25, 0.3) is 0 Å². The zero-order valence-corrected chi connectivity index (χ0v) is 12.6. The van der Waals surface area contributed by atoms with Gasteiger partial charge in [-0.25, -0.2) is 4.98 Å². The summed E-state index contributed by atoms with van der Waals surface area (Å²) in [4.78, 5) is 9.30. The average Bonchev–Trinajstić information content (AvgIpc) is 3.04. The van der Waals surface area contributed by atoms with Crippen molar-refractivity contribution in [1.29, 1.82) is 0 Å². The molecule has 0 saturated carbocycles. The summed E-state index contributed by atoms with van der Waals surface area (Å²) in [7, 11) is 0. The third-order valence-electron chi connectivity index (χ3n) is 4.08. The molecule has 3 rings (SSSR count). The van der Waals surface area contributed by atoms with Crippen molar-refractivity contribution in [2.24, 2.45) is 0 Å². The van der Waals surface area contributed by atoms with E-state index in [0.29, 0.717) is 6.10 Å². The Morgan fingerprint density at radius 3 is 2.95 bits per heavy atom. The number of fused-ring (bicyclic) bond motifs is 1. The maximum atomic E-state index is 5.72. The van der Waals surface area contributed by atoms with Crippen molar-refractivity contribution in [2.75, 3.05) is 13.2 Å². The standard InChI is InChI=1S/C17H23N3O/c1-2-18-15(10-9-13-6-5-11-21-13)17-12-19-14-7-3-4-8-16(14)20-17/h3-4,7-8,12-13,15,18H,2,5-6,9-11H2,1H3. The second kappa shape index (κ2) is 6.96. The second-order valence-electron chi connectivity index (χ2n) is 5.61. The summed E-state index contributed by atoms with van der Waals surface area (Å²) in [5.74, 6) is 0. The Morgan fingerprint density at radius 1 is 1.33 bits per heavy atom. The van der Waals surface area contributed by atoms with Crippen molar-refractivity contribution in [3.8, 4) is 0 Å². The van der Waals surface area contributed by atoms with Gasteiger partial charge in [-0.2, -0.15) is 0 Å². The van der Waals surface area contributed by atoms with Crippen molar-refractivity contribution in [2.45, 2.75) is 44.8 Å². The number of nitrogens with zero attached hydrogens (tertiary/aromatic N) is 2. The Morgan fingerprint density at radius 2 is 2.19 bits per heavy atom. The molecule has 0 amide bonds. The van der Waals surface area contributed by atoms with Gasteiger partial charge in [0.05, 0.1) is 35.1 Å². The smallest absolute Gasteiger partial charge is 0.0890 e. The van der Waals surface area contributed by atoms with E-state index in [2.05, 4.69) is 17.2 Å². The zero-order chi connectivity index (χ0) is 14.5. The monoisotopic (exact) mass is 285 g/mol. The molecule has 0 spiro atoms. The van der Waals surface area contributed by atoms with E-state index in [1.54, 1.807) is 0 Å². The van der Waals surface area contributed by atoms with Crippen LogP contribution in [0.5, 0.6) is 0 Å². The first-order valence-electron chi connectivity index (χ1n) is 7.93. The molecule has 1 aliphatic heterocycles. The van der Waals surface area contributed by atoms with Crippen LogP contribution in [-0.2, 0) is 4.74 Å². The van der Waals surface area contributed by atoms with Gasteiger partial charge in [-0.15, -0.1) is 0 Å². The fourth-order valence-electron chi connectivity index (χ4n) is 2.96. The number of aromatic nitrogens is 2. The molecule has 4 heteroatoms. The summed E-state index contributed by atoms with van der Waals surface area (Å²) >= 11 is 0. The van der Waals surface area contributed by atoms with Crippen LogP contribution < -0.4 is 5.32 Å². The minimum Gasteiger partial charge on any atom is -0.378 e. The van der Waals surface area contributed by atoms with Crippen LogP contribution in [-0.4, -0.2) is 29.2 Å². The molecule has 21 heavy (non-hydrogen) atoms. The van der Waals surface area contributed by atoms with Gasteiger partial charge in [-0.3, -0.25) is 4.98 Å². The van der Waals surface area contributed by atoms with Crippen LogP contribution in [0.25, 0.3) is 11.0 Å². The summed E-state index contributed by atoms with van der Waals surface area (Å²) < 4.78 is 5.72. The molecule has 2 heterocycles. The average molecular weight is 285 g/mol. The molecule has 0 aliphatic carbocycles. The second-order valence-corrected chi connectivity index (χ2v) is 5.61. The van der Waals surface area contributed by atoms with Gasteiger partial charge in [-0.05, 0) is 44.4 Å². The zero-order valence-electron chi connectivity index (χ0n) is 12.6. The van der Waals surface area contributed by atoms with Crippen LogP contribution >= 0.6 is 0 Å². The van der Waals surface area contributed by atoms with E-state index in [0.717, 1.165) is 42.7 Å². The highest BCUT2D eigenvalue weighted by Crippen LogP contribution is 2.23. The number of hydrogen-bond acceptors (Lipinski definition) is 4. The third kappa shape index (κ3) is 3.57. The van der Waals surface area contributed by atoms with Gasteiger partial charge in [0, 0.05) is 6.61 Å². The molecule has 0 bridgehead atoms. The van der Waals surface area contributed by atoms with Crippen molar-refractivity contribution in [3.63, 3.8) is 0 Å². The maximum Gasteiger partial charge on any atom is 0.0890 e. The Hall–Kier alpha value is -1.52. The molecule has 0 radical (unpaired) electrons. The van der Waals surface area contributed by atoms with E-state index >= 15 is 0 Å². The number of rotatable bonds is 6. The normalized spacial score (nSPS) is 20.0. The molecule has 112 valence electrons. The quantitative estimate of drug-likeness (QED) is 0.885. The van der Waals surface area contributed by atoms with Crippen LogP contribution in [0.15, 0.2) is 30.5 Å². The first-order chi connectivity index (χ1) is 10.4. The van der Waals surface area contributed by atoms with E-state index in [1.807, 2.05) is 30.5 Å². The molecule has 1 aliphatic rings. The van der Waals surface area contributed by atoms with Crippen molar-refractivity contribution in [1.82, 2.24) is 15.3 Å². The van der Waals surface area contributed by atoms with E-state index < -0.39 is 0 Å². The predicted molar refractivity (Wildman–Crippen MR) is 84.2 cm³/mol. The molecule has 1 aromatic heterocycles. The van der Waals surface area contributed by atoms with Crippen molar-refractivity contribution < 1.29 is 4.74 Å². The minimum absolute atomic E-state index is 0.260. The van der Waals surface area contributed by atoms with Crippen molar-refractivity contribution >= 4 is 11.0 Å². The lowest BCUT2D eigenvalue weighted by Gasteiger charge is -2.19. The van der Waals surface area contributed by atoms with E-state index in [-0.39, 0.29) is 6.04 Å². The van der Waals surface area contributed by atoms with Gasteiger partial charge < -0.3 is 10.1 Å². The van der Waals surface area contributed by atoms with Crippen LogP contribution in [0.1, 0.15) is 44.3 Å². The van der Waals surface area contributed by atoms with Gasteiger partial charge in [0.2, 0.25) is 0 Å². The lowest BCUT2D eigenvalue weighted by Crippen LogP contribution is -2.23. The van der Waals surface area contributed by atoms with Crippen LogP contribution in [0, 0.1) is 0 Å².